The molecule has 2 amide bonds. The molecule has 0 aromatic heterocycles. The first-order chi connectivity index (χ1) is 9.81. The molecule has 0 fully saturated rings. The molecule has 0 radical (unpaired) electrons. The molecule has 1 N–H and O–H groups in total. The standard InChI is InChI=1S/C15H21ClN2O3/c1-11(2)8-18(10-14(19)20)15(21)17(3)9-12-6-4-5-7-13(12)16/h4-7,11H,8-10H2,1-3H3,(H,19,20). The van der Waals surface area contributed by atoms with Gasteiger partial charge in [-0.3, -0.25) is 4.79 Å². The number of carbonyl (C=O) groups excluding carboxylic acids is 1. The van der Waals surface area contributed by atoms with E-state index in [9.17, 15) is 9.59 Å². The number of carbonyl (C=O) groups is 2. The van der Waals surface area contributed by atoms with Crippen molar-refractivity contribution >= 4 is 23.6 Å². The topological polar surface area (TPSA) is 60.9 Å². The molecule has 0 aliphatic heterocycles. The molecular formula is C15H21ClN2O3. The summed E-state index contributed by atoms with van der Waals surface area (Å²) < 4.78 is 0. The Labute approximate surface area is 130 Å². The summed E-state index contributed by atoms with van der Waals surface area (Å²) >= 11 is 6.08. The van der Waals surface area contributed by atoms with Crippen molar-refractivity contribution in [3.63, 3.8) is 0 Å². The number of benzene rings is 1. The third-order valence-corrected chi connectivity index (χ3v) is 3.24. The molecular weight excluding hydrogens is 292 g/mol. The van der Waals surface area contributed by atoms with E-state index in [-0.39, 0.29) is 18.5 Å². The molecule has 1 aromatic rings. The van der Waals surface area contributed by atoms with Gasteiger partial charge in [0.15, 0.2) is 0 Å². The lowest BCUT2D eigenvalue weighted by Gasteiger charge is -2.28. The first-order valence-electron chi connectivity index (χ1n) is 6.76. The third kappa shape index (κ3) is 5.63. The number of aliphatic carboxylic acids is 1. The molecule has 0 aliphatic carbocycles. The summed E-state index contributed by atoms with van der Waals surface area (Å²) in [5.74, 6) is -0.822. The van der Waals surface area contributed by atoms with Gasteiger partial charge in [-0.05, 0) is 17.5 Å². The first-order valence-corrected chi connectivity index (χ1v) is 7.14. The fraction of sp³-hybridized carbons (Fsp3) is 0.467. The van der Waals surface area contributed by atoms with Crippen LogP contribution in [0.3, 0.4) is 0 Å². The molecule has 0 aliphatic rings. The SMILES string of the molecule is CC(C)CN(CC(=O)O)C(=O)N(C)Cc1ccccc1Cl. The molecule has 0 heterocycles. The lowest BCUT2D eigenvalue weighted by molar-refractivity contribution is -0.137. The van der Waals surface area contributed by atoms with Crippen LogP contribution in [0.1, 0.15) is 19.4 Å². The van der Waals surface area contributed by atoms with Gasteiger partial charge in [-0.15, -0.1) is 0 Å². The summed E-state index contributed by atoms with van der Waals surface area (Å²) in [4.78, 5) is 26.1. The molecule has 5 nitrogen and oxygen atoms in total. The molecule has 6 heteroatoms. The zero-order valence-corrected chi connectivity index (χ0v) is 13.3. The number of carboxylic acids is 1. The number of carboxylic acid groups (broad SMARTS) is 1. The predicted molar refractivity (Wildman–Crippen MR) is 82.4 cm³/mol. The van der Waals surface area contributed by atoms with E-state index in [0.29, 0.717) is 18.1 Å². The first kappa shape index (κ1) is 17.3. The molecule has 0 bridgehead atoms. The van der Waals surface area contributed by atoms with Crippen molar-refractivity contribution in [2.75, 3.05) is 20.1 Å². The van der Waals surface area contributed by atoms with E-state index in [2.05, 4.69) is 0 Å². The van der Waals surface area contributed by atoms with Crippen LogP contribution in [-0.2, 0) is 11.3 Å². The highest BCUT2D eigenvalue weighted by atomic mass is 35.5. The lowest BCUT2D eigenvalue weighted by atomic mass is 10.2. The fourth-order valence-electron chi connectivity index (χ4n) is 2.01. The summed E-state index contributed by atoms with van der Waals surface area (Å²) in [5.41, 5.74) is 0.829. The van der Waals surface area contributed by atoms with Gasteiger partial charge in [0.25, 0.3) is 0 Å². The summed E-state index contributed by atoms with van der Waals surface area (Å²) in [6.45, 7) is 4.32. The van der Waals surface area contributed by atoms with Gasteiger partial charge in [0.1, 0.15) is 6.54 Å². The summed E-state index contributed by atoms with van der Waals surface area (Å²) in [6.07, 6.45) is 0. The highest BCUT2D eigenvalue weighted by molar-refractivity contribution is 6.31. The largest absolute Gasteiger partial charge is 0.480 e. The smallest absolute Gasteiger partial charge is 0.323 e. The van der Waals surface area contributed by atoms with Gasteiger partial charge >= 0.3 is 12.0 Å². The molecule has 21 heavy (non-hydrogen) atoms. The zero-order chi connectivity index (χ0) is 16.0. The highest BCUT2D eigenvalue weighted by Gasteiger charge is 2.21. The van der Waals surface area contributed by atoms with Gasteiger partial charge in [-0.2, -0.15) is 0 Å². The molecule has 116 valence electrons. The van der Waals surface area contributed by atoms with E-state index in [1.54, 1.807) is 13.1 Å². The monoisotopic (exact) mass is 312 g/mol. The van der Waals surface area contributed by atoms with E-state index >= 15 is 0 Å². The van der Waals surface area contributed by atoms with Crippen LogP contribution in [0.5, 0.6) is 0 Å². The van der Waals surface area contributed by atoms with Crippen LogP contribution in [0.25, 0.3) is 0 Å². The van der Waals surface area contributed by atoms with Crippen LogP contribution in [0.4, 0.5) is 4.79 Å². The molecule has 0 saturated carbocycles. The number of rotatable bonds is 6. The number of hydrogen-bond acceptors (Lipinski definition) is 2. The Morgan fingerprint density at radius 1 is 1.29 bits per heavy atom. The highest BCUT2D eigenvalue weighted by Crippen LogP contribution is 2.17. The molecule has 0 atom stereocenters. The normalized spacial score (nSPS) is 10.5. The lowest BCUT2D eigenvalue weighted by Crippen LogP contribution is -2.45. The van der Waals surface area contributed by atoms with Crippen molar-refractivity contribution in [2.24, 2.45) is 5.92 Å². The Morgan fingerprint density at radius 3 is 2.43 bits per heavy atom. The number of urea groups is 1. The van der Waals surface area contributed by atoms with E-state index in [4.69, 9.17) is 16.7 Å². The second-order valence-corrected chi connectivity index (χ2v) is 5.81. The number of nitrogens with zero attached hydrogens (tertiary/aromatic N) is 2. The molecule has 1 aromatic carbocycles. The number of hydrogen-bond donors (Lipinski definition) is 1. The van der Waals surface area contributed by atoms with Gasteiger partial charge in [0.05, 0.1) is 0 Å². The van der Waals surface area contributed by atoms with Gasteiger partial charge in [-0.1, -0.05) is 43.6 Å². The third-order valence-electron chi connectivity index (χ3n) is 2.87. The maximum absolute atomic E-state index is 12.4. The van der Waals surface area contributed by atoms with Crippen LogP contribution >= 0.6 is 11.6 Å². The molecule has 0 saturated heterocycles. The molecule has 0 spiro atoms. The van der Waals surface area contributed by atoms with Crippen molar-refractivity contribution in [1.82, 2.24) is 9.80 Å². The zero-order valence-electron chi connectivity index (χ0n) is 12.5. The maximum Gasteiger partial charge on any atom is 0.323 e. The minimum Gasteiger partial charge on any atom is -0.480 e. The van der Waals surface area contributed by atoms with Crippen LogP contribution in [0.15, 0.2) is 24.3 Å². The Kier molecular flexibility index (Phi) is 6.49. The van der Waals surface area contributed by atoms with Gasteiger partial charge in [0, 0.05) is 25.2 Å². The van der Waals surface area contributed by atoms with Crippen LogP contribution in [0.2, 0.25) is 5.02 Å². The average molecular weight is 313 g/mol. The quantitative estimate of drug-likeness (QED) is 0.878. The number of amides is 2. The second kappa shape index (κ2) is 7.88. The van der Waals surface area contributed by atoms with Crippen LogP contribution in [-0.4, -0.2) is 47.0 Å². The number of halogens is 1. The van der Waals surface area contributed by atoms with Crippen molar-refractivity contribution in [2.45, 2.75) is 20.4 Å². The fourth-order valence-corrected chi connectivity index (χ4v) is 2.20. The average Bonchev–Trinajstić information content (AvgIpc) is 2.38. The summed E-state index contributed by atoms with van der Waals surface area (Å²) in [6, 6.07) is 6.96. The Bertz CT molecular complexity index is 505. The Balaban J connectivity index is 2.77. The minimum atomic E-state index is -1.02. The van der Waals surface area contributed by atoms with Gasteiger partial charge in [-0.25, -0.2) is 4.79 Å². The maximum atomic E-state index is 12.4. The van der Waals surface area contributed by atoms with Crippen molar-refractivity contribution in [1.29, 1.82) is 0 Å². The van der Waals surface area contributed by atoms with E-state index in [1.807, 2.05) is 32.0 Å². The van der Waals surface area contributed by atoms with E-state index < -0.39 is 5.97 Å². The van der Waals surface area contributed by atoms with E-state index in [1.165, 1.54) is 9.80 Å². The predicted octanol–water partition coefficient (Wildman–Crippen LogP) is 2.93. The van der Waals surface area contributed by atoms with Gasteiger partial charge < -0.3 is 14.9 Å². The molecule has 0 unspecified atom stereocenters. The van der Waals surface area contributed by atoms with Crippen molar-refractivity contribution < 1.29 is 14.7 Å². The second-order valence-electron chi connectivity index (χ2n) is 5.40. The Hall–Kier alpha value is -1.75. The minimum absolute atomic E-state index is 0.196. The Morgan fingerprint density at radius 2 is 1.90 bits per heavy atom. The van der Waals surface area contributed by atoms with Crippen LogP contribution in [0, 0.1) is 5.92 Å². The van der Waals surface area contributed by atoms with Crippen molar-refractivity contribution in [3.8, 4) is 0 Å². The van der Waals surface area contributed by atoms with Crippen LogP contribution < -0.4 is 0 Å². The van der Waals surface area contributed by atoms with E-state index in [0.717, 1.165) is 5.56 Å². The van der Waals surface area contributed by atoms with Gasteiger partial charge in [0.2, 0.25) is 0 Å². The summed E-state index contributed by atoms with van der Waals surface area (Å²) in [7, 11) is 1.64. The van der Waals surface area contributed by atoms with Crippen molar-refractivity contribution in [3.05, 3.63) is 34.9 Å². The summed E-state index contributed by atoms with van der Waals surface area (Å²) in [5, 5.41) is 9.52. The molecule has 1 rings (SSSR count).